The Hall–Kier alpha value is -2.29. The van der Waals surface area contributed by atoms with Gasteiger partial charge in [0.05, 0.1) is 5.02 Å². The molecule has 3 aromatic rings. The number of hydrogen-bond donors (Lipinski definition) is 0. The number of hydrogen-bond acceptors (Lipinski definition) is 2. The molecule has 0 saturated carbocycles. The Morgan fingerprint density at radius 2 is 1.69 bits per heavy atom. The molecular weight excluding hydrogens is 378 g/mol. The zero-order chi connectivity index (χ0) is 20.1. The quantitative estimate of drug-likeness (QED) is 0.443. The number of benzene rings is 3. The van der Waals surface area contributed by atoms with Crippen LogP contribution in [0, 0.1) is 6.92 Å². The summed E-state index contributed by atoms with van der Waals surface area (Å²) in [6.45, 7) is 6.01. The smallest absolute Gasteiger partial charge is 0.138 e. The molecular formula is C26H28ClNO. The maximum Gasteiger partial charge on any atom is 0.138 e. The highest BCUT2D eigenvalue weighted by Gasteiger charge is 2.12. The molecule has 0 bridgehead atoms. The van der Waals surface area contributed by atoms with Crippen LogP contribution in [-0.2, 0) is 13.2 Å². The Kier molecular flexibility index (Phi) is 6.53. The van der Waals surface area contributed by atoms with E-state index in [9.17, 15) is 0 Å². The van der Waals surface area contributed by atoms with Gasteiger partial charge < -0.3 is 4.74 Å². The summed E-state index contributed by atoms with van der Waals surface area (Å²) in [7, 11) is 0. The predicted octanol–water partition coefficient (Wildman–Crippen LogP) is 6.88. The van der Waals surface area contributed by atoms with Gasteiger partial charge >= 0.3 is 0 Å². The van der Waals surface area contributed by atoms with Crippen molar-refractivity contribution in [1.82, 2.24) is 4.90 Å². The van der Waals surface area contributed by atoms with Crippen molar-refractivity contribution >= 4 is 11.6 Å². The van der Waals surface area contributed by atoms with Gasteiger partial charge in [-0.15, -0.1) is 0 Å². The maximum absolute atomic E-state index is 6.54. The third kappa shape index (κ3) is 5.01. The first kappa shape index (κ1) is 20.0. The molecule has 150 valence electrons. The van der Waals surface area contributed by atoms with E-state index in [1.165, 1.54) is 60.2 Å². The molecule has 0 N–H and O–H groups in total. The SMILES string of the molecule is Cc1c(COc2ccc(CN3CCCCC3)cc2Cl)cccc1-c1ccccc1. The van der Waals surface area contributed by atoms with Crippen molar-refractivity contribution in [2.24, 2.45) is 0 Å². The van der Waals surface area contributed by atoms with Crippen LogP contribution in [0.15, 0.2) is 66.7 Å². The lowest BCUT2D eigenvalue weighted by atomic mass is 9.97. The average molecular weight is 406 g/mol. The highest BCUT2D eigenvalue weighted by molar-refractivity contribution is 6.32. The normalized spacial score (nSPS) is 14.7. The Morgan fingerprint density at radius 3 is 2.45 bits per heavy atom. The van der Waals surface area contributed by atoms with Gasteiger partial charge in [-0.05, 0) is 72.8 Å². The number of ether oxygens (including phenoxy) is 1. The monoisotopic (exact) mass is 405 g/mol. The van der Waals surface area contributed by atoms with Crippen molar-refractivity contribution in [2.75, 3.05) is 13.1 Å². The fourth-order valence-corrected chi connectivity index (χ4v) is 4.32. The number of rotatable bonds is 6. The fourth-order valence-electron chi connectivity index (χ4n) is 4.06. The zero-order valence-corrected chi connectivity index (χ0v) is 17.8. The summed E-state index contributed by atoms with van der Waals surface area (Å²) in [5.41, 5.74) is 6.16. The summed E-state index contributed by atoms with van der Waals surface area (Å²) in [4.78, 5) is 2.51. The lowest BCUT2D eigenvalue weighted by Gasteiger charge is -2.26. The van der Waals surface area contributed by atoms with Crippen molar-refractivity contribution in [3.8, 4) is 16.9 Å². The molecule has 0 radical (unpaired) electrons. The van der Waals surface area contributed by atoms with Gasteiger partial charge in [-0.3, -0.25) is 4.90 Å². The van der Waals surface area contributed by atoms with Gasteiger partial charge in [-0.2, -0.15) is 0 Å². The highest BCUT2D eigenvalue weighted by atomic mass is 35.5. The minimum Gasteiger partial charge on any atom is -0.487 e. The molecule has 3 aromatic carbocycles. The molecule has 1 saturated heterocycles. The maximum atomic E-state index is 6.54. The van der Waals surface area contributed by atoms with Crippen LogP contribution in [0.1, 0.15) is 36.0 Å². The third-order valence-electron chi connectivity index (χ3n) is 5.77. The van der Waals surface area contributed by atoms with E-state index >= 15 is 0 Å². The van der Waals surface area contributed by atoms with Crippen LogP contribution in [0.3, 0.4) is 0 Å². The van der Waals surface area contributed by atoms with Crippen LogP contribution in [0.2, 0.25) is 5.02 Å². The van der Waals surface area contributed by atoms with E-state index in [4.69, 9.17) is 16.3 Å². The van der Waals surface area contributed by atoms with E-state index in [1.807, 2.05) is 12.1 Å². The van der Waals surface area contributed by atoms with Gasteiger partial charge in [0.2, 0.25) is 0 Å². The molecule has 1 aliphatic heterocycles. The lowest BCUT2D eigenvalue weighted by Crippen LogP contribution is -2.29. The van der Waals surface area contributed by atoms with Crippen LogP contribution in [0.4, 0.5) is 0 Å². The molecule has 29 heavy (non-hydrogen) atoms. The predicted molar refractivity (Wildman–Crippen MR) is 122 cm³/mol. The molecule has 0 amide bonds. The molecule has 0 aromatic heterocycles. The van der Waals surface area contributed by atoms with Gasteiger partial charge in [0.15, 0.2) is 0 Å². The van der Waals surface area contributed by atoms with Crippen LogP contribution in [0.5, 0.6) is 5.75 Å². The number of likely N-dealkylation sites (tertiary alicyclic amines) is 1. The van der Waals surface area contributed by atoms with Crippen LogP contribution >= 0.6 is 11.6 Å². The molecule has 1 heterocycles. The van der Waals surface area contributed by atoms with E-state index < -0.39 is 0 Å². The summed E-state index contributed by atoms with van der Waals surface area (Å²) < 4.78 is 6.09. The Bertz CT molecular complexity index is 948. The van der Waals surface area contributed by atoms with Crippen molar-refractivity contribution in [2.45, 2.75) is 39.3 Å². The summed E-state index contributed by atoms with van der Waals surface area (Å²) in [5.74, 6) is 0.749. The minimum atomic E-state index is 0.512. The van der Waals surface area contributed by atoms with Gasteiger partial charge in [-0.1, -0.05) is 72.6 Å². The molecule has 2 nitrogen and oxygen atoms in total. The molecule has 4 rings (SSSR count). The third-order valence-corrected chi connectivity index (χ3v) is 6.06. The highest BCUT2D eigenvalue weighted by Crippen LogP contribution is 2.29. The summed E-state index contributed by atoms with van der Waals surface area (Å²) in [6, 6.07) is 23.1. The van der Waals surface area contributed by atoms with E-state index in [0.717, 1.165) is 12.3 Å². The minimum absolute atomic E-state index is 0.512. The van der Waals surface area contributed by atoms with Crippen LogP contribution < -0.4 is 4.74 Å². The van der Waals surface area contributed by atoms with Gasteiger partial charge in [0, 0.05) is 6.54 Å². The zero-order valence-electron chi connectivity index (χ0n) is 17.0. The van der Waals surface area contributed by atoms with E-state index in [1.54, 1.807) is 0 Å². The first-order chi connectivity index (χ1) is 14.2. The van der Waals surface area contributed by atoms with Crippen molar-refractivity contribution in [1.29, 1.82) is 0 Å². The molecule has 0 spiro atoms. The fraction of sp³-hybridized carbons (Fsp3) is 0.308. The Balaban J connectivity index is 1.44. The van der Waals surface area contributed by atoms with Gasteiger partial charge in [0.1, 0.15) is 12.4 Å². The molecule has 3 heteroatoms. The van der Waals surface area contributed by atoms with Crippen LogP contribution in [0.25, 0.3) is 11.1 Å². The second-order valence-electron chi connectivity index (χ2n) is 7.85. The molecule has 1 aliphatic rings. The molecule has 0 atom stereocenters. The largest absolute Gasteiger partial charge is 0.487 e. The summed E-state index contributed by atoms with van der Waals surface area (Å²) >= 11 is 6.54. The number of halogens is 1. The average Bonchev–Trinajstić information content (AvgIpc) is 2.75. The first-order valence-corrected chi connectivity index (χ1v) is 10.9. The van der Waals surface area contributed by atoms with E-state index in [-0.39, 0.29) is 0 Å². The molecule has 0 aliphatic carbocycles. The van der Waals surface area contributed by atoms with Crippen molar-refractivity contribution < 1.29 is 4.74 Å². The number of piperidine rings is 1. The second-order valence-corrected chi connectivity index (χ2v) is 8.25. The molecule has 0 unspecified atom stereocenters. The number of nitrogens with zero attached hydrogens (tertiary/aromatic N) is 1. The summed E-state index contributed by atoms with van der Waals surface area (Å²) in [6.07, 6.45) is 3.96. The second kappa shape index (κ2) is 9.47. The first-order valence-electron chi connectivity index (χ1n) is 10.5. The van der Waals surface area contributed by atoms with E-state index in [0.29, 0.717) is 11.6 Å². The standard InChI is InChI=1S/C26H28ClNO/c1-20-23(11-8-12-24(20)22-9-4-2-5-10-22)19-29-26-14-13-21(17-25(26)27)18-28-15-6-3-7-16-28/h2,4-5,8-14,17H,3,6-7,15-16,18-19H2,1H3. The lowest BCUT2D eigenvalue weighted by molar-refractivity contribution is 0.221. The van der Waals surface area contributed by atoms with Gasteiger partial charge in [0.25, 0.3) is 0 Å². The van der Waals surface area contributed by atoms with E-state index in [2.05, 4.69) is 66.4 Å². The van der Waals surface area contributed by atoms with Crippen LogP contribution in [-0.4, -0.2) is 18.0 Å². The topological polar surface area (TPSA) is 12.5 Å². The Morgan fingerprint density at radius 1 is 0.897 bits per heavy atom. The van der Waals surface area contributed by atoms with Gasteiger partial charge in [-0.25, -0.2) is 0 Å². The Labute approximate surface area is 179 Å². The summed E-state index contributed by atoms with van der Waals surface area (Å²) in [5, 5.41) is 0.691. The van der Waals surface area contributed by atoms with Crippen molar-refractivity contribution in [3.63, 3.8) is 0 Å². The van der Waals surface area contributed by atoms with Crippen molar-refractivity contribution in [3.05, 3.63) is 88.4 Å². The molecule has 1 fully saturated rings.